The monoisotopic (exact) mass is 642 g/mol. The van der Waals surface area contributed by atoms with E-state index in [4.69, 9.17) is 15.6 Å². The van der Waals surface area contributed by atoms with Gasteiger partial charge in [0.05, 0.1) is 0 Å². The van der Waals surface area contributed by atoms with Gasteiger partial charge >= 0.3 is 0 Å². The van der Waals surface area contributed by atoms with Gasteiger partial charge in [-0.1, -0.05) is 172 Å². The van der Waals surface area contributed by atoms with Gasteiger partial charge in [-0.05, 0) is 70.5 Å². The minimum Gasteiger partial charge on any atom is -0.456 e. The molecule has 0 unspecified atom stereocenters. The summed E-state index contributed by atoms with van der Waals surface area (Å²) in [5.74, 6) is 0.825. The summed E-state index contributed by atoms with van der Waals surface area (Å²) in [5.41, 5.74) is 17.1. The molecule has 0 aliphatic heterocycles. The van der Waals surface area contributed by atoms with Crippen LogP contribution in [0.15, 0.2) is 168 Å². The molecule has 3 nitrogen and oxygen atoms in total. The van der Waals surface area contributed by atoms with E-state index < -0.39 is 0 Å². The SMILES string of the molecule is C=Cc1oc2cccc(-c3cccc(C)c3)c2c1/C=C1/C=CC=CC1.CC.N=Cc1ccccc1.NCc1ccc(-c2ccccc2)cc1. The Balaban J connectivity index is 0.000000188. The first kappa shape index (κ1) is 36.1. The zero-order chi connectivity index (χ0) is 34.8. The smallest absolute Gasteiger partial charge is 0.136 e. The topological polar surface area (TPSA) is 63.0 Å². The second-order valence-electron chi connectivity index (χ2n) is 11.2. The number of nitrogens with one attached hydrogen (secondary N) is 1. The summed E-state index contributed by atoms with van der Waals surface area (Å²) >= 11 is 0. The third-order valence-electron chi connectivity index (χ3n) is 7.80. The molecule has 49 heavy (non-hydrogen) atoms. The average Bonchev–Trinajstić information content (AvgIpc) is 3.54. The van der Waals surface area contributed by atoms with Crippen LogP contribution in [0.4, 0.5) is 0 Å². The highest BCUT2D eigenvalue weighted by Gasteiger charge is 2.15. The Kier molecular flexibility index (Phi) is 14.1. The van der Waals surface area contributed by atoms with Crippen LogP contribution in [-0.2, 0) is 6.54 Å². The third-order valence-corrected chi connectivity index (χ3v) is 7.80. The molecule has 0 atom stereocenters. The number of furan rings is 1. The van der Waals surface area contributed by atoms with Crippen molar-refractivity contribution < 1.29 is 4.42 Å². The second kappa shape index (κ2) is 19.1. The summed E-state index contributed by atoms with van der Waals surface area (Å²) in [6, 6.07) is 43.1. The van der Waals surface area contributed by atoms with Crippen LogP contribution in [0.3, 0.4) is 0 Å². The lowest BCUT2D eigenvalue weighted by Crippen LogP contribution is -1.95. The Bertz CT molecular complexity index is 2010. The number of benzene rings is 5. The Morgan fingerprint density at radius 3 is 2.00 bits per heavy atom. The summed E-state index contributed by atoms with van der Waals surface area (Å²) in [4.78, 5) is 0. The number of nitrogens with two attached hydrogens (primary N) is 1. The number of fused-ring (bicyclic) bond motifs is 1. The van der Waals surface area contributed by atoms with Crippen LogP contribution in [0.2, 0.25) is 0 Å². The standard InChI is InChI=1S/C24H20O.C13H13N.C7H7N.C2H6/c1-3-22-21(16-18-10-5-4-6-11-18)24-20(13-8-14-23(24)25-22)19-12-7-9-17(2)15-19;14-10-11-6-8-13(9-7-11)12-4-2-1-3-5-12;8-6-7-4-2-1-3-5-7;1-2/h3-10,12-16H,1,11H2,2H3;1-9H,10,14H2;1-6,8H;1-2H3/b18-16-;;;. The molecule has 246 valence electrons. The maximum atomic E-state index is 6.82. The highest BCUT2D eigenvalue weighted by atomic mass is 16.3. The van der Waals surface area contributed by atoms with Crippen molar-refractivity contribution in [3.05, 3.63) is 192 Å². The summed E-state index contributed by atoms with van der Waals surface area (Å²) in [5, 5.41) is 7.97. The number of rotatable bonds is 6. The Morgan fingerprint density at radius 2 is 1.41 bits per heavy atom. The van der Waals surface area contributed by atoms with Gasteiger partial charge < -0.3 is 15.6 Å². The number of hydrogen-bond donors (Lipinski definition) is 2. The predicted octanol–water partition coefficient (Wildman–Crippen LogP) is 12.5. The molecular weight excluding hydrogens is 597 g/mol. The van der Waals surface area contributed by atoms with E-state index in [1.54, 1.807) is 6.08 Å². The lowest BCUT2D eigenvalue weighted by molar-refractivity contribution is 0.603. The highest BCUT2D eigenvalue weighted by Crippen LogP contribution is 2.37. The van der Waals surface area contributed by atoms with Crippen LogP contribution in [0.1, 0.15) is 48.3 Å². The van der Waals surface area contributed by atoms with E-state index in [1.807, 2.05) is 68.4 Å². The molecule has 0 bridgehead atoms. The van der Waals surface area contributed by atoms with E-state index >= 15 is 0 Å². The molecular formula is C46H46N2O. The summed E-state index contributed by atoms with van der Waals surface area (Å²) < 4.78 is 6.08. The fourth-order valence-corrected chi connectivity index (χ4v) is 5.37. The summed E-state index contributed by atoms with van der Waals surface area (Å²) in [6.45, 7) is 10.7. The Morgan fingerprint density at radius 1 is 0.755 bits per heavy atom. The maximum Gasteiger partial charge on any atom is 0.136 e. The summed E-state index contributed by atoms with van der Waals surface area (Å²) in [7, 11) is 0. The van der Waals surface area contributed by atoms with E-state index in [0.717, 1.165) is 34.3 Å². The molecule has 0 radical (unpaired) electrons. The molecule has 0 fully saturated rings. The minimum atomic E-state index is 0.606. The van der Waals surface area contributed by atoms with Crippen molar-refractivity contribution in [3.8, 4) is 22.3 Å². The Labute approximate surface area is 292 Å². The fraction of sp³-hybridized carbons (Fsp3) is 0.109. The van der Waals surface area contributed by atoms with Gasteiger partial charge in [-0.2, -0.15) is 0 Å². The summed E-state index contributed by atoms with van der Waals surface area (Å²) in [6.07, 6.45) is 14.8. The number of hydrogen-bond acceptors (Lipinski definition) is 3. The molecule has 3 N–H and O–H groups in total. The third kappa shape index (κ3) is 10.1. The van der Waals surface area contributed by atoms with Crippen molar-refractivity contribution in [2.75, 3.05) is 0 Å². The van der Waals surface area contributed by atoms with Crippen LogP contribution in [0, 0.1) is 12.3 Å². The second-order valence-corrected chi connectivity index (χ2v) is 11.2. The van der Waals surface area contributed by atoms with E-state index in [1.165, 1.54) is 45.2 Å². The van der Waals surface area contributed by atoms with Crippen molar-refractivity contribution in [2.24, 2.45) is 5.73 Å². The first-order valence-electron chi connectivity index (χ1n) is 16.8. The lowest BCUT2D eigenvalue weighted by Gasteiger charge is -2.07. The first-order chi connectivity index (χ1) is 24.1. The first-order valence-corrected chi connectivity index (χ1v) is 16.8. The molecule has 1 aromatic heterocycles. The molecule has 6 aromatic rings. The molecule has 1 aliphatic carbocycles. The van der Waals surface area contributed by atoms with Crippen molar-refractivity contribution in [2.45, 2.75) is 33.7 Å². The zero-order valence-electron chi connectivity index (χ0n) is 28.8. The van der Waals surface area contributed by atoms with Crippen LogP contribution in [-0.4, -0.2) is 6.21 Å². The Hall–Kier alpha value is -5.77. The van der Waals surface area contributed by atoms with E-state index in [0.29, 0.717) is 6.54 Å². The maximum absolute atomic E-state index is 6.82. The van der Waals surface area contributed by atoms with Crippen molar-refractivity contribution in [1.29, 1.82) is 5.41 Å². The van der Waals surface area contributed by atoms with E-state index in [-0.39, 0.29) is 0 Å². The molecule has 1 heterocycles. The van der Waals surface area contributed by atoms with Gasteiger partial charge in [-0.15, -0.1) is 0 Å². The van der Waals surface area contributed by atoms with Crippen molar-refractivity contribution >= 4 is 29.3 Å². The van der Waals surface area contributed by atoms with E-state index in [9.17, 15) is 0 Å². The molecule has 0 saturated carbocycles. The van der Waals surface area contributed by atoms with Crippen LogP contribution >= 0.6 is 0 Å². The zero-order valence-corrected chi connectivity index (χ0v) is 28.8. The minimum absolute atomic E-state index is 0.606. The predicted molar refractivity (Wildman–Crippen MR) is 213 cm³/mol. The molecule has 0 saturated heterocycles. The molecule has 7 rings (SSSR count). The number of allylic oxidation sites excluding steroid dienone is 5. The van der Waals surface area contributed by atoms with Gasteiger partial charge in [0.2, 0.25) is 0 Å². The highest BCUT2D eigenvalue weighted by molar-refractivity contribution is 6.02. The quantitative estimate of drug-likeness (QED) is 0.178. The molecule has 0 spiro atoms. The van der Waals surface area contributed by atoms with Gasteiger partial charge in [0.1, 0.15) is 11.3 Å². The van der Waals surface area contributed by atoms with Crippen molar-refractivity contribution in [1.82, 2.24) is 0 Å². The fourth-order valence-electron chi connectivity index (χ4n) is 5.37. The van der Waals surface area contributed by atoms with Gasteiger partial charge in [0, 0.05) is 23.7 Å². The van der Waals surface area contributed by atoms with Crippen molar-refractivity contribution in [3.63, 3.8) is 0 Å². The van der Waals surface area contributed by atoms with Crippen LogP contribution in [0.25, 0.3) is 45.4 Å². The van der Waals surface area contributed by atoms with Gasteiger partial charge in [-0.25, -0.2) is 0 Å². The van der Waals surface area contributed by atoms with Gasteiger partial charge in [-0.3, -0.25) is 0 Å². The average molecular weight is 643 g/mol. The molecule has 0 amide bonds. The molecule has 5 aromatic carbocycles. The normalized spacial score (nSPS) is 12.1. The number of aryl methyl sites for hydroxylation is 1. The molecule has 1 aliphatic rings. The lowest BCUT2D eigenvalue weighted by atomic mass is 9.95. The van der Waals surface area contributed by atoms with E-state index in [2.05, 4.69) is 117 Å². The molecule has 3 heteroatoms. The van der Waals surface area contributed by atoms with Gasteiger partial charge in [0.15, 0.2) is 0 Å². The van der Waals surface area contributed by atoms with Crippen LogP contribution < -0.4 is 5.73 Å². The largest absolute Gasteiger partial charge is 0.456 e. The van der Waals surface area contributed by atoms with Crippen LogP contribution in [0.5, 0.6) is 0 Å². The van der Waals surface area contributed by atoms with Gasteiger partial charge in [0.25, 0.3) is 0 Å².